The molecule has 4 atom stereocenters. The molecule has 3 unspecified atom stereocenters. The van der Waals surface area contributed by atoms with E-state index in [1.165, 1.54) is 11.3 Å². The van der Waals surface area contributed by atoms with Crippen LogP contribution in [-0.4, -0.2) is 82.4 Å². The molecule has 4 rings (SSSR count). The van der Waals surface area contributed by atoms with E-state index < -0.39 is 30.2 Å². The number of aliphatic hydroxyl groups excluding tert-OH is 2. The smallest absolute Gasteiger partial charge is 0.417 e. The van der Waals surface area contributed by atoms with Gasteiger partial charge in [0, 0.05) is 30.4 Å². The van der Waals surface area contributed by atoms with Gasteiger partial charge in [-0.05, 0) is 49.4 Å². The number of fused-ring (bicyclic) bond motifs is 3. The third kappa shape index (κ3) is 5.37. The van der Waals surface area contributed by atoms with Crippen LogP contribution in [0.3, 0.4) is 0 Å². The van der Waals surface area contributed by atoms with Gasteiger partial charge in [0.1, 0.15) is 5.75 Å². The van der Waals surface area contributed by atoms with Gasteiger partial charge in [0.25, 0.3) is 0 Å². The SMILES string of the molecule is CN1CC[C@@]2(C)c3cc(OC(=O)Nc4ccccc4)ccc3N(C)C12.O=C(O)C(O)C(O)C(=O)O. The Morgan fingerprint density at radius 1 is 1.03 bits per heavy atom. The number of para-hydroxylation sites is 1. The zero-order chi connectivity index (χ0) is 25.9. The summed E-state index contributed by atoms with van der Waals surface area (Å²) < 4.78 is 5.52. The van der Waals surface area contributed by atoms with E-state index in [0.29, 0.717) is 11.9 Å². The molecule has 11 nitrogen and oxygen atoms in total. The number of nitrogens with one attached hydrogen (secondary N) is 1. The number of anilines is 2. The number of hydrogen-bond acceptors (Lipinski definition) is 8. The van der Waals surface area contributed by atoms with Gasteiger partial charge in [-0.1, -0.05) is 25.1 Å². The molecule has 2 aromatic carbocycles. The van der Waals surface area contributed by atoms with Crippen molar-refractivity contribution in [3.8, 4) is 5.75 Å². The van der Waals surface area contributed by atoms with Crippen LogP contribution in [0.15, 0.2) is 48.5 Å². The number of aliphatic hydroxyl groups is 2. The third-order valence-electron chi connectivity index (χ3n) is 6.34. The molecule has 11 heteroatoms. The molecule has 0 aromatic heterocycles. The monoisotopic (exact) mass is 487 g/mol. The lowest BCUT2D eigenvalue weighted by molar-refractivity contribution is -0.165. The van der Waals surface area contributed by atoms with Gasteiger partial charge in [-0.25, -0.2) is 14.4 Å². The predicted molar refractivity (Wildman–Crippen MR) is 127 cm³/mol. The molecule has 2 aromatic rings. The average Bonchev–Trinajstić information content (AvgIpc) is 3.24. The van der Waals surface area contributed by atoms with E-state index in [1.54, 1.807) is 0 Å². The van der Waals surface area contributed by atoms with E-state index in [1.807, 2.05) is 42.5 Å². The van der Waals surface area contributed by atoms with Crippen LogP contribution in [0.5, 0.6) is 5.75 Å². The highest BCUT2D eigenvalue weighted by molar-refractivity contribution is 5.86. The zero-order valence-electron chi connectivity index (χ0n) is 19.6. The van der Waals surface area contributed by atoms with Crippen LogP contribution in [-0.2, 0) is 15.0 Å². The first-order chi connectivity index (χ1) is 16.5. The van der Waals surface area contributed by atoms with Crippen LogP contribution in [0.1, 0.15) is 18.9 Å². The van der Waals surface area contributed by atoms with E-state index in [2.05, 4.69) is 42.2 Å². The fraction of sp³-hybridized carbons (Fsp3) is 0.375. The molecule has 0 radical (unpaired) electrons. The van der Waals surface area contributed by atoms with Crippen molar-refractivity contribution in [2.24, 2.45) is 0 Å². The highest BCUT2D eigenvalue weighted by atomic mass is 16.6. The molecule has 188 valence electrons. The average molecular weight is 488 g/mol. The van der Waals surface area contributed by atoms with Crippen LogP contribution in [0.2, 0.25) is 0 Å². The van der Waals surface area contributed by atoms with Gasteiger partial charge in [-0.3, -0.25) is 10.2 Å². The Bertz CT molecular complexity index is 1080. The largest absolute Gasteiger partial charge is 0.479 e. The summed E-state index contributed by atoms with van der Waals surface area (Å²) in [6.07, 6.45) is -3.54. The summed E-state index contributed by atoms with van der Waals surface area (Å²) in [5, 5.41) is 35.3. The van der Waals surface area contributed by atoms with Gasteiger partial charge >= 0.3 is 18.0 Å². The number of benzene rings is 2. The van der Waals surface area contributed by atoms with Crippen LogP contribution >= 0.6 is 0 Å². The number of carboxylic acid groups (broad SMARTS) is 2. The normalized spacial score (nSPS) is 22.2. The van der Waals surface area contributed by atoms with Gasteiger partial charge in [-0.2, -0.15) is 0 Å². The van der Waals surface area contributed by atoms with Gasteiger partial charge < -0.3 is 30.1 Å². The number of amides is 1. The molecule has 1 fully saturated rings. The quantitative estimate of drug-likeness (QED) is 0.419. The number of likely N-dealkylation sites (N-methyl/N-ethyl adjacent to an activating group) is 2. The second kappa shape index (κ2) is 10.3. The minimum absolute atomic E-state index is 0.0636. The minimum atomic E-state index is -2.27. The Morgan fingerprint density at radius 2 is 1.63 bits per heavy atom. The van der Waals surface area contributed by atoms with Crippen molar-refractivity contribution in [1.29, 1.82) is 0 Å². The van der Waals surface area contributed by atoms with E-state index in [4.69, 9.17) is 25.2 Å². The molecule has 0 aliphatic carbocycles. The predicted octanol–water partition coefficient (Wildman–Crippen LogP) is 1.54. The molecular weight excluding hydrogens is 458 g/mol. The Labute approximate surface area is 202 Å². The summed E-state index contributed by atoms with van der Waals surface area (Å²) in [7, 11) is 4.31. The standard InChI is InChI=1S/C20H23N3O2.C4H6O6/c1-20-11-12-22(2)18(20)23(3)17-10-9-15(13-16(17)20)25-19(24)21-14-7-5-4-6-8-14;5-1(3(7)8)2(6)4(9)10/h4-10,13,18H,11-12H2,1-3H3,(H,21,24);1-2,5-6H,(H,7,8)(H,9,10)/t18?,20-;/m0./s1. The van der Waals surface area contributed by atoms with Crippen molar-refractivity contribution in [2.75, 3.05) is 30.9 Å². The van der Waals surface area contributed by atoms with Crippen molar-refractivity contribution in [2.45, 2.75) is 37.1 Å². The lowest BCUT2D eigenvalue weighted by Gasteiger charge is -2.32. The van der Waals surface area contributed by atoms with E-state index in [0.717, 1.165) is 18.7 Å². The topological polar surface area (TPSA) is 160 Å². The summed E-state index contributed by atoms with van der Waals surface area (Å²) >= 11 is 0. The number of carbonyl (C=O) groups excluding carboxylic acids is 1. The lowest BCUT2D eigenvalue weighted by atomic mass is 9.81. The number of ether oxygens (including phenoxy) is 1. The minimum Gasteiger partial charge on any atom is -0.479 e. The molecule has 5 N–H and O–H groups in total. The summed E-state index contributed by atoms with van der Waals surface area (Å²) in [4.78, 5) is 36.4. The summed E-state index contributed by atoms with van der Waals surface area (Å²) in [6.45, 7) is 3.38. The molecule has 35 heavy (non-hydrogen) atoms. The van der Waals surface area contributed by atoms with E-state index >= 15 is 0 Å². The number of rotatable bonds is 5. The van der Waals surface area contributed by atoms with Crippen molar-refractivity contribution >= 4 is 29.4 Å². The molecule has 1 amide bonds. The number of nitrogens with zero attached hydrogens (tertiary/aromatic N) is 2. The molecular formula is C24H29N3O8. The van der Waals surface area contributed by atoms with Gasteiger partial charge in [0.05, 0.1) is 6.17 Å². The summed E-state index contributed by atoms with van der Waals surface area (Å²) in [5.41, 5.74) is 3.26. The van der Waals surface area contributed by atoms with Crippen molar-refractivity contribution in [1.82, 2.24) is 4.90 Å². The molecule has 2 aliphatic rings. The second-order valence-corrected chi connectivity index (χ2v) is 8.76. The maximum Gasteiger partial charge on any atom is 0.417 e. The van der Waals surface area contributed by atoms with Crippen LogP contribution < -0.4 is 15.0 Å². The van der Waals surface area contributed by atoms with Gasteiger partial charge in [-0.15, -0.1) is 0 Å². The van der Waals surface area contributed by atoms with E-state index in [-0.39, 0.29) is 5.41 Å². The number of aliphatic carboxylic acids is 2. The molecule has 2 aliphatic heterocycles. The van der Waals surface area contributed by atoms with Crippen molar-refractivity contribution < 1.29 is 39.5 Å². The maximum atomic E-state index is 12.2. The van der Waals surface area contributed by atoms with Crippen molar-refractivity contribution in [3.05, 3.63) is 54.1 Å². The number of carbonyl (C=O) groups is 3. The van der Waals surface area contributed by atoms with Crippen LogP contribution in [0.25, 0.3) is 0 Å². The number of hydrogen-bond donors (Lipinski definition) is 5. The second-order valence-electron chi connectivity index (χ2n) is 8.76. The fourth-order valence-corrected chi connectivity index (χ4v) is 4.66. The first-order valence-electron chi connectivity index (χ1n) is 10.9. The van der Waals surface area contributed by atoms with Gasteiger partial charge in [0.15, 0.2) is 12.2 Å². The summed E-state index contributed by atoms with van der Waals surface area (Å²) in [5.74, 6) is -2.96. The Hall–Kier alpha value is -3.67. The Balaban J connectivity index is 0.000000292. The van der Waals surface area contributed by atoms with Crippen molar-refractivity contribution in [3.63, 3.8) is 0 Å². The summed E-state index contributed by atoms with van der Waals surface area (Å²) in [6, 6.07) is 15.3. The lowest BCUT2D eigenvalue weighted by Crippen LogP contribution is -2.45. The van der Waals surface area contributed by atoms with E-state index in [9.17, 15) is 14.4 Å². The molecule has 2 heterocycles. The number of likely N-dealkylation sites (tertiary alicyclic amines) is 1. The third-order valence-corrected chi connectivity index (χ3v) is 6.34. The molecule has 0 bridgehead atoms. The Morgan fingerprint density at radius 3 is 2.20 bits per heavy atom. The number of carboxylic acids is 2. The molecule has 0 spiro atoms. The van der Waals surface area contributed by atoms with Crippen LogP contribution in [0, 0.1) is 0 Å². The highest BCUT2D eigenvalue weighted by Gasteiger charge is 2.52. The van der Waals surface area contributed by atoms with Gasteiger partial charge in [0.2, 0.25) is 0 Å². The molecule has 0 saturated carbocycles. The Kier molecular flexibility index (Phi) is 7.64. The van der Waals surface area contributed by atoms with Crippen LogP contribution in [0.4, 0.5) is 16.2 Å². The zero-order valence-corrected chi connectivity index (χ0v) is 19.6. The first-order valence-corrected chi connectivity index (χ1v) is 10.9. The first kappa shape index (κ1) is 25.9. The fourth-order valence-electron chi connectivity index (χ4n) is 4.66. The maximum absolute atomic E-state index is 12.2. The highest BCUT2D eigenvalue weighted by Crippen LogP contribution is 2.51. The molecule has 1 saturated heterocycles.